The maximum Gasteiger partial charge on any atom is 0.0697 e. The van der Waals surface area contributed by atoms with Crippen LogP contribution in [0.3, 0.4) is 0 Å². The van der Waals surface area contributed by atoms with Crippen molar-refractivity contribution < 1.29 is 4.74 Å². The van der Waals surface area contributed by atoms with E-state index in [9.17, 15) is 0 Å². The van der Waals surface area contributed by atoms with E-state index in [2.05, 4.69) is 22.4 Å². The van der Waals surface area contributed by atoms with Crippen molar-refractivity contribution in [3.05, 3.63) is 29.6 Å². The van der Waals surface area contributed by atoms with Crippen LogP contribution in [0.15, 0.2) is 18.2 Å². The molecule has 1 atom stereocenters. The van der Waals surface area contributed by atoms with Crippen molar-refractivity contribution in [3.63, 3.8) is 0 Å². The van der Waals surface area contributed by atoms with E-state index in [0.29, 0.717) is 6.04 Å². The van der Waals surface area contributed by atoms with Crippen molar-refractivity contribution in [3.8, 4) is 0 Å². The lowest BCUT2D eigenvalue weighted by molar-refractivity contribution is -0.0838. The molecule has 19 heavy (non-hydrogen) atoms. The van der Waals surface area contributed by atoms with E-state index in [1.807, 2.05) is 13.0 Å². The Kier molecular flexibility index (Phi) is 3.85. The first-order chi connectivity index (χ1) is 9.26. The lowest BCUT2D eigenvalue weighted by Crippen LogP contribution is -2.45. The van der Waals surface area contributed by atoms with Crippen LogP contribution in [0.1, 0.15) is 49.9 Å². The summed E-state index contributed by atoms with van der Waals surface area (Å²) >= 11 is 0. The Morgan fingerprint density at radius 1 is 1.37 bits per heavy atom. The van der Waals surface area contributed by atoms with Gasteiger partial charge in [-0.2, -0.15) is 0 Å². The van der Waals surface area contributed by atoms with Gasteiger partial charge in [0.1, 0.15) is 0 Å². The molecule has 1 aromatic heterocycles. The van der Waals surface area contributed by atoms with E-state index in [-0.39, 0.29) is 5.60 Å². The second-order valence-corrected chi connectivity index (χ2v) is 6.08. The molecule has 2 heterocycles. The molecule has 0 amide bonds. The van der Waals surface area contributed by atoms with Gasteiger partial charge in [0.2, 0.25) is 0 Å². The summed E-state index contributed by atoms with van der Waals surface area (Å²) in [7, 11) is 0. The minimum atomic E-state index is 0.204. The van der Waals surface area contributed by atoms with Crippen molar-refractivity contribution in [2.24, 2.45) is 0 Å². The second kappa shape index (κ2) is 5.59. The first kappa shape index (κ1) is 13.1. The zero-order chi connectivity index (χ0) is 13.1. The summed E-state index contributed by atoms with van der Waals surface area (Å²) in [4.78, 5) is 4.55. The Bertz CT molecular complexity index is 427. The highest BCUT2D eigenvalue weighted by molar-refractivity contribution is 5.09. The Hall–Kier alpha value is -0.930. The molecular weight excluding hydrogens is 236 g/mol. The van der Waals surface area contributed by atoms with E-state index in [1.54, 1.807) is 0 Å². The molecular formula is C16H24N2O. The monoisotopic (exact) mass is 260 g/mol. The minimum absolute atomic E-state index is 0.204. The molecule has 1 saturated carbocycles. The summed E-state index contributed by atoms with van der Waals surface area (Å²) in [5, 5.41) is 3.67. The van der Waals surface area contributed by atoms with E-state index >= 15 is 0 Å². The van der Waals surface area contributed by atoms with Crippen molar-refractivity contribution in [1.82, 2.24) is 10.3 Å². The maximum absolute atomic E-state index is 6.07. The Morgan fingerprint density at radius 2 is 2.21 bits per heavy atom. The lowest BCUT2D eigenvalue weighted by atomic mass is 9.89. The third-order valence-electron chi connectivity index (χ3n) is 4.53. The maximum atomic E-state index is 6.07. The number of nitrogens with zero attached hydrogens (tertiary/aromatic N) is 1. The normalized spacial score (nSPS) is 25.8. The predicted molar refractivity (Wildman–Crippen MR) is 76.0 cm³/mol. The van der Waals surface area contributed by atoms with Gasteiger partial charge in [0, 0.05) is 24.9 Å². The third kappa shape index (κ3) is 3.15. The van der Waals surface area contributed by atoms with Crippen LogP contribution in [-0.2, 0) is 11.3 Å². The fourth-order valence-electron chi connectivity index (χ4n) is 3.52. The molecule has 3 heteroatoms. The van der Waals surface area contributed by atoms with Gasteiger partial charge in [-0.15, -0.1) is 0 Å². The molecule has 1 unspecified atom stereocenters. The number of aromatic nitrogens is 1. The SMILES string of the molecule is Cc1cccc(CNC2CCOC3(CCCC3)C2)n1. The summed E-state index contributed by atoms with van der Waals surface area (Å²) in [6.45, 7) is 3.84. The number of rotatable bonds is 3. The van der Waals surface area contributed by atoms with Crippen LogP contribution in [0.5, 0.6) is 0 Å². The summed E-state index contributed by atoms with van der Waals surface area (Å²) in [5.41, 5.74) is 2.45. The van der Waals surface area contributed by atoms with Crippen molar-refractivity contribution in [1.29, 1.82) is 0 Å². The van der Waals surface area contributed by atoms with Gasteiger partial charge in [-0.1, -0.05) is 18.9 Å². The van der Waals surface area contributed by atoms with Gasteiger partial charge in [0.15, 0.2) is 0 Å². The van der Waals surface area contributed by atoms with Crippen molar-refractivity contribution >= 4 is 0 Å². The average molecular weight is 260 g/mol. The van der Waals surface area contributed by atoms with Crippen LogP contribution in [0, 0.1) is 6.92 Å². The standard InChI is InChI=1S/C16H24N2O/c1-13-5-4-6-15(18-13)12-17-14-7-10-19-16(11-14)8-2-3-9-16/h4-6,14,17H,2-3,7-12H2,1H3. The summed E-state index contributed by atoms with van der Waals surface area (Å²) in [6, 6.07) is 6.83. The molecule has 0 radical (unpaired) electrons. The van der Waals surface area contributed by atoms with Crippen LogP contribution in [0.4, 0.5) is 0 Å². The van der Waals surface area contributed by atoms with E-state index in [0.717, 1.165) is 31.0 Å². The highest BCUT2D eigenvalue weighted by atomic mass is 16.5. The van der Waals surface area contributed by atoms with Gasteiger partial charge in [0.05, 0.1) is 11.3 Å². The molecule has 1 aliphatic carbocycles. The molecule has 1 saturated heterocycles. The topological polar surface area (TPSA) is 34.1 Å². The Labute approximate surface area is 115 Å². The van der Waals surface area contributed by atoms with Crippen molar-refractivity contribution in [2.75, 3.05) is 6.61 Å². The van der Waals surface area contributed by atoms with Gasteiger partial charge in [-0.05, 0) is 44.7 Å². The smallest absolute Gasteiger partial charge is 0.0697 e. The van der Waals surface area contributed by atoms with Crippen LogP contribution in [0.2, 0.25) is 0 Å². The van der Waals surface area contributed by atoms with Crippen LogP contribution in [0.25, 0.3) is 0 Å². The van der Waals surface area contributed by atoms with E-state index < -0.39 is 0 Å². The molecule has 1 aliphatic heterocycles. The van der Waals surface area contributed by atoms with Gasteiger partial charge in [-0.3, -0.25) is 4.98 Å². The quantitative estimate of drug-likeness (QED) is 0.907. The molecule has 1 aromatic rings. The molecule has 104 valence electrons. The fourth-order valence-corrected chi connectivity index (χ4v) is 3.52. The van der Waals surface area contributed by atoms with Crippen LogP contribution >= 0.6 is 0 Å². The minimum Gasteiger partial charge on any atom is -0.375 e. The highest BCUT2D eigenvalue weighted by Crippen LogP contribution is 2.39. The lowest BCUT2D eigenvalue weighted by Gasteiger charge is -2.38. The number of pyridine rings is 1. The molecule has 1 spiro atoms. The van der Waals surface area contributed by atoms with Gasteiger partial charge >= 0.3 is 0 Å². The molecule has 0 aromatic carbocycles. The molecule has 2 fully saturated rings. The zero-order valence-electron chi connectivity index (χ0n) is 11.8. The molecule has 3 rings (SSSR count). The molecule has 1 N–H and O–H groups in total. The number of ether oxygens (including phenoxy) is 1. The van der Waals surface area contributed by atoms with Gasteiger partial charge < -0.3 is 10.1 Å². The Balaban J connectivity index is 1.55. The van der Waals surface area contributed by atoms with Crippen LogP contribution < -0.4 is 5.32 Å². The first-order valence-electron chi connectivity index (χ1n) is 7.56. The van der Waals surface area contributed by atoms with Gasteiger partial charge in [0.25, 0.3) is 0 Å². The fraction of sp³-hybridized carbons (Fsp3) is 0.688. The van der Waals surface area contributed by atoms with Crippen molar-refractivity contribution in [2.45, 2.75) is 63.6 Å². The highest BCUT2D eigenvalue weighted by Gasteiger charge is 2.39. The molecule has 2 aliphatic rings. The van der Waals surface area contributed by atoms with Gasteiger partial charge in [-0.25, -0.2) is 0 Å². The summed E-state index contributed by atoms with van der Waals surface area (Å²) < 4.78 is 6.07. The van der Waals surface area contributed by atoms with E-state index in [4.69, 9.17) is 4.74 Å². The van der Waals surface area contributed by atoms with E-state index in [1.165, 1.54) is 32.1 Å². The average Bonchev–Trinajstić information content (AvgIpc) is 2.85. The largest absolute Gasteiger partial charge is 0.375 e. The number of nitrogens with one attached hydrogen (secondary N) is 1. The molecule has 0 bridgehead atoms. The summed E-state index contributed by atoms with van der Waals surface area (Å²) in [5.74, 6) is 0. The first-order valence-corrected chi connectivity index (χ1v) is 7.56. The number of aryl methyl sites for hydroxylation is 1. The Morgan fingerprint density at radius 3 is 3.00 bits per heavy atom. The number of hydrogen-bond donors (Lipinski definition) is 1. The second-order valence-electron chi connectivity index (χ2n) is 6.08. The molecule has 3 nitrogen and oxygen atoms in total. The zero-order valence-corrected chi connectivity index (χ0v) is 11.8. The summed E-state index contributed by atoms with van der Waals surface area (Å²) in [6.07, 6.45) is 7.51. The predicted octanol–water partition coefficient (Wildman–Crippen LogP) is 2.97. The third-order valence-corrected chi connectivity index (χ3v) is 4.53. The van der Waals surface area contributed by atoms with Crippen LogP contribution in [-0.4, -0.2) is 23.2 Å². The number of hydrogen-bond acceptors (Lipinski definition) is 3.